The normalized spacial score (nSPS) is 10.4. The van der Waals surface area contributed by atoms with Crippen molar-refractivity contribution in [3.8, 4) is 0 Å². The topological polar surface area (TPSA) is 58.1 Å². The number of nitrogens with zero attached hydrogens (tertiary/aromatic N) is 3. The molecule has 0 fully saturated rings. The Hall–Kier alpha value is -1.95. The summed E-state index contributed by atoms with van der Waals surface area (Å²) >= 11 is 3.38. The molecule has 0 spiro atoms. The minimum atomic E-state index is -0.264. The Kier molecular flexibility index (Phi) is 6.52. The van der Waals surface area contributed by atoms with Crippen LogP contribution in [-0.4, -0.2) is 29.2 Å². The Labute approximate surface area is 145 Å². The number of hydrogen-bond donors (Lipinski definition) is 1. The number of rotatable bonds is 7. The van der Waals surface area contributed by atoms with Crippen molar-refractivity contribution in [2.75, 3.05) is 23.3 Å². The number of benzene rings is 1. The summed E-state index contributed by atoms with van der Waals surface area (Å²) in [5.74, 6) is 0.549. The molecule has 0 aliphatic heterocycles. The fourth-order valence-electron chi connectivity index (χ4n) is 2.26. The van der Waals surface area contributed by atoms with Crippen molar-refractivity contribution < 1.29 is 4.79 Å². The third-order valence-corrected chi connectivity index (χ3v) is 3.77. The molecule has 0 bridgehead atoms. The summed E-state index contributed by atoms with van der Waals surface area (Å²) in [5, 5.41) is 11.1. The molecular formula is C17H21BrN4O. The highest BCUT2D eigenvalue weighted by molar-refractivity contribution is 9.10. The first-order valence-corrected chi connectivity index (χ1v) is 8.59. The smallest absolute Gasteiger partial charge is 0.276 e. The lowest BCUT2D eigenvalue weighted by Gasteiger charge is -2.21. The number of halogens is 1. The van der Waals surface area contributed by atoms with Gasteiger partial charge in [-0.05, 0) is 43.2 Å². The zero-order valence-electron chi connectivity index (χ0n) is 13.4. The number of amides is 1. The minimum Gasteiger partial charge on any atom is -0.355 e. The maximum atomic E-state index is 12.2. The Morgan fingerprint density at radius 3 is 2.43 bits per heavy atom. The van der Waals surface area contributed by atoms with Gasteiger partial charge in [-0.15, -0.1) is 10.2 Å². The summed E-state index contributed by atoms with van der Waals surface area (Å²) in [6, 6.07) is 11.0. The van der Waals surface area contributed by atoms with Crippen molar-refractivity contribution >= 4 is 33.3 Å². The SMILES string of the molecule is CCCN(CCC)c1ccc(C(=O)Nc2cccc(Br)c2)nn1. The molecule has 6 heteroatoms. The van der Waals surface area contributed by atoms with Gasteiger partial charge in [0.25, 0.3) is 5.91 Å². The molecule has 1 amide bonds. The van der Waals surface area contributed by atoms with E-state index in [0.717, 1.165) is 36.2 Å². The van der Waals surface area contributed by atoms with Crippen LogP contribution in [0, 0.1) is 0 Å². The van der Waals surface area contributed by atoms with E-state index in [1.54, 1.807) is 6.07 Å². The van der Waals surface area contributed by atoms with E-state index in [4.69, 9.17) is 0 Å². The summed E-state index contributed by atoms with van der Waals surface area (Å²) < 4.78 is 0.909. The van der Waals surface area contributed by atoms with E-state index >= 15 is 0 Å². The van der Waals surface area contributed by atoms with Crippen molar-refractivity contribution in [3.63, 3.8) is 0 Å². The lowest BCUT2D eigenvalue weighted by Crippen LogP contribution is -2.26. The Morgan fingerprint density at radius 1 is 1.13 bits per heavy atom. The minimum absolute atomic E-state index is 0.264. The summed E-state index contributed by atoms with van der Waals surface area (Å²) in [7, 11) is 0. The molecule has 0 aliphatic rings. The van der Waals surface area contributed by atoms with Gasteiger partial charge in [0.2, 0.25) is 0 Å². The standard InChI is InChI=1S/C17H21BrN4O/c1-3-10-22(11-4-2)16-9-8-15(20-21-16)17(23)19-14-7-5-6-13(18)12-14/h5-9,12H,3-4,10-11H2,1-2H3,(H,19,23). The van der Waals surface area contributed by atoms with Crippen molar-refractivity contribution in [1.29, 1.82) is 0 Å². The molecule has 1 aromatic heterocycles. The third kappa shape index (κ3) is 5.03. The van der Waals surface area contributed by atoms with E-state index in [2.05, 4.69) is 50.2 Å². The van der Waals surface area contributed by atoms with E-state index in [1.165, 1.54) is 0 Å². The lowest BCUT2D eigenvalue weighted by atomic mass is 10.3. The fraction of sp³-hybridized carbons (Fsp3) is 0.353. The fourth-order valence-corrected chi connectivity index (χ4v) is 2.66. The van der Waals surface area contributed by atoms with Crippen LogP contribution in [0.2, 0.25) is 0 Å². The molecule has 2 rings (SSSR count). The molecule has 23 heavy (non-hydrogen) atoms. The number of carbonyl (C=O) groups excluding carboxylic acids is 1. The highest BCUT2D eigenvalue weighted by atomic mass is 79.9. The second-order valence-electron chi connectivity index (χ2n) is 5.23. The molecular weight excluding hydrogens is 356 g/mol. The third-order valence-electron chi connectivity index (χ3n) is 3.28. The van der Waals surface area contributed by atoms with E-state index in [1.807, 2.05) is 30.3 Å². The van der Waals surface area contributed by atoms with Gasteiger partial charge in [0, 0.05) is 23.2 Å². The van der Waals surface area contributed by atoms with Gasteiger partial charge in [0.05, 0.1) is 0 Å². The molecule has 0 radical (unpaired) electrons. The van der Waals surface area contributed by atoms with Crippen LogP contribution in [0.3, 0.4) is 0 Å². The van der Waals surface area contributed by atoms with Crippen LogP contribution in [0.15, 0.2) is 40.9 Å². The molecule has 1 aromatic carbocycles. The first-order valence-electron chi connectivity index (χ1n) is 7.79. The molecule has 0 saturated heterocycles. The van der Waals surface area contributed by atoms with Crippen molar-refractivity contribution in [2.24, 2.45) is 0 Å². The van der Waals surface area contributed by atoms with E-state index in [0.29, 0.717) is 11.4 Å². The van der Waals surface area contributed by atoms with Gasteiger partial charge < -0.3 is 10.2 Å². The van der Waals surface area contributed by atoms with Crippen LogP contribution in [-0.2, 0) is 0 Å². The van der Waals surface area contributed by atoms with Gasteiger partial charge in [-0.3, -0.25) is 4.79 Å². The van der Waals surface area contributed by atoms with Gasteiger partial charge in [-0.1, -0.05) is 35.8 Å². The maximum absolute atomic E-state index is 12.2. The largest absolute Gasteiger partial charge is 0.355 e. The summed E-state index contributed by atoms with van der Waals surface area (Å²) in [6.45, 7) is 6.14. The number of anilines is 2. The number of hydrogen-bond acceptors (Lipinski definition) is 4. The van der Waals surface area contributed by atoms with Gasteiger partial charge in [0.1, 0.15) is 0 Å². The number of aromatic nitrogens is 2. The van der Waals surface area contributed by atoms with Crippen LogP contribution in [0.1, 0.15) is 37.2 Å². The van der Waals surface area contributed by atoms with Gasteiger partial charge >= 0.3 is 0 Å². The Balaban J connectivity index is 2.07. The van der Waals surface area contributed by atoms with Crippen molar-refractivity contribution in [2.45, 2.75) is 26.7 Å². The summed E-state index contributed by atoms with van der Waals surface area (Å²) in [5.41, 5.74) is 1.02. The van der Waals surface area contributed by atoms with E-state index in [-0.39, 0.29) is 5.91 Å². The van der Waals surface area contributed by atoms with Gasteiger partial charge in [-0.25, -0.2) is 0 Å². The molecule has 0 saturated carbocycles. The van der Waals surface area contributed by atoms with Crippen molar-refractivity contribution in [3.05, 3.63) is 46.6 Å². The molecule has 1 heterocycles. The second kappa shape index (κ2) is 8.62. The first kappa shape index (κ1) is 17.4. The second-order valence-corrected chi connectivity index (χ2v) is 6.14. The Morgan fingerprint density at radius 2 is 1.87 bits per heavy atom. The average molecular weight is 377 g/mol. The lowest BCUT2D eigenvalue weighted by molar-refractivity contribution is 0.102. The molecule has 122 valence electrons. The van der Waals surface area contributed by atoms with Gasteiger partial charge in [-0.2, -0.15) is 0 Å². The van der Waals surface area contributed by atoms with E-state index < -0.39 is 0 Å². The summed E-state index contributed by atoms with van der Waals surface area (Å²) in [6.07, 6.45) is 2.10. The molecule has 0 aliphatic carbocycles. The maximum Gasteiger partial charge on any atom is 0.276 e. The van der Waals surface area contributed by atoms with Crippen LogP contribution < -0.4 is 10.2 Å². The zero-order chi connectivity index (χ0) is 16.7. The van der Waals surface area contributed by atoms with Crippen LogP contribution in [0.4, 0.5) is 11.5 Å². The quantitative estimate of drug-likeness (QED) is 0.789. The van der Waals surface area contributed by atoms with Crippen molar-refractivity contribution in [1.82, 2.24) is 10.2 Å². The predicted molar refractivity (Wildman–Crippen MR) is 96.9 cm³/mol. The molecule has 2 aromatic rings. The van der Waals surface area contributed by atoms with Crippen LogP contribution >= 0.6 is 15.9 Å². The highest BCUT2D eigenvalue weighted by Crippen LogP contribution is 2.17. The number of nitrogens with one attached hydrogen (secondary N) is 1. The van der Waals surface area contributed by atoms with Crippen LogP contribution in [0.25, 0.3) is 0 Å². The van der Waals surface area contributed by atoms with Gasteiger partial charge in [0.15, 0.2) is 11.5 Å². The highest BCUT2D eigenvalue weighted by Gasteiger charge is 2.11. The first-order chi connectivity index (χ1) is 11.1. The molecule has 5 nitrogen and oxygen atoms in total. The average Bonchev–Trinajstić information content (AvgIpc) is 2.55. The number of carbonyl (C=O) groups is 1. The molecule has 0 atom stereocenters. The van der Waals surface area contributed by atoms with E-state index in [9.17, 15) is 4.79 Å². The monoisotopic (exact) mass is 376 g/mol. The predicted octanol–water partition coefficient (Wildman–Crippen LogP) is 4.12. The Bertz CT molecular complexity index is 639. The molecule has 0 unspecified atom stereocenters. The van der Waals surface area contributed by atoms with Crippen LogP contribution in [0.5, 0.6) is 0 Å². The molecule has 1 N–H and O–H groups in total. The zero-order valence-corrected chi connectivity index (χ0v) is 15.0. The summed E-state index contributed by atoms with van der Waals surface area (Å²) in [4.78, 5) is 14.4.